The van der Waals surface area contributed by atoms with Crippen molar-refractivity contribution in [3.05, 3.63) is 36.2 Å². The van der Waals surface area contributed by atoms with E-state index in [0.717, 1.165) is 32.5 Å². The minimum absolute atomic E-state index is 0.296. The lowest BCUT2D eigenvalue weighted by Crippen LogP contribution is -2.49. The summed E-state index contributed by atoms with van der Waals surface area (Å²) < 4.78 is 0. The van der Waals surface area contributed by atoms with Gasteiger partial charge in [-0.2, -0.15) is 0 Å². The average molecular weight is 311 g/mol. The predicted molar refractivity (Wildman–Crippen MR) is 94.0 cm³/mol. The van der Waals surface area contributed by atoms with E-state index in [-0.39, 0.29) is 0 Å². The summed E-state index contributed by atoms with van der Waals surface area (Å²) in [5.74, 6) is 0. The number of hydrogen-bond donors (Lipinski definition) is 1. The molecule has 2 aliphatic rings. The van der Waals surface area contributed by atoms with Crippen LogP contribution in [-0.2, 0) is 6.42 Å². The highest BCUT2D eigenvalue weighted by Crippen LogP contribution is 2.36. The molecule has 4 rings (SSSR count). The molecule has 1 saturated heterocycles. The van der Waals surface area contributed by atoms with Gasteiger partial charge in [0.05, 0.1) is 0 Å². The number of nitrogens with zero attached hydrogens (tertiary/aromatic N) is 3. The van der Waals surface area contributed by atoms with E-state index in [1.165, 1.54) is 41.4 Å². The summed E-state index contributed by atoms with van der Waals surface area (Å²) in [6, 6.07) is 7.20. The van der Waals surface area contributed by atoms with Crippen molar-refractivity contribution in [3.8, 4) is 0 Å². The minimum Gasteiger partial charge on any atom is -0.396 e. The highest BCUT2D eigenvalue weighted by atomic mass is 16.3. The number of aliphatic hydroxyl groups excluding tert-OH is 1. The molecular formula is C19H25N3O. The molecule has 0 amide bonds. The molecule has 23 heavy (non-hydrogen) atoms. The van der Waals surface area contributed by atoms with E-state index in [1.54, 1.807) is 0 Å². The Hall–Kier alpha value is -1.65. The largest absolute Gasteiger partial charge is 0.396 e. The van der Waals surface area contributed by atoms with Gasteiger partial charge in [-0.3, -0.25) is 4.98 Å². The lowest BCUT2D eigenvalue weighted by Gasteiger charge is -2.43. The Kier molecular flexibility index (Phi) is 4.19. The predicted octanol–water partition coefficient (Wildman–Crippen LogP) is 2.44. The fourth-order valence-electron chi connectivity index (χ4n) is 4.24. The van der Waals surface area contributed by atoms with Crippen LogP contribution in [0.2, 0.25) is 0 Å². The first-order valence-corrected chi connectivity index (χ1v) is 8.82. The van der Waals surface area contributed by atoms with E-state index < -0.39 is 0 Å². The van der Waals surface area contributed by atoms with Crippen molar-refractivity contribution in [2.24, 2.45) is 0 Å². The molecule has 1 unspecified atom stereocenters. The van der Waals surface area contributed by atoms with Crippen LogP contribution in [0.1, 0.15) is 24.8 Å². The summed E-state index contributed by atoms with van der Waals surface area (Å²) in [6.07, 6.45) is 8.53. The molecule has 1 atom stereocenters. The Balaban J connectivity index is 1.62. The number of aliphatic hydroxyl groups is 1. The number of pyridine rings is 1. The number of hydrogen-bond acceptors (Lipinski definition) is 4. The molecule has 122 valence electrons. The van der Waals surface area contributed by atoms with Crippen LogP contribution in [0, 0.1) is 0 Å². The van der Waals surface area contributed by atoms with Gasteiger partial charge in [0.2, 0.25) is 0 Å². The number of anilines is 1. The van der Waals surface area contributed by atoms with E-state index in [1.807, 2.05) is 12.4 Å². The highest BCUT2D eigenvalue weighted by molar-refractivity contribution is 5.97. The van der Waals surface area contributed by atoms with Crippen molar-refractivity contribution < 1.29 is 5.11 Å². The van der Waals surface area contributed by atoms with Crippen LogP contribution in [-0.4, -0.2) is 53.8 Å². The Morgan fingerprint density at radius 2 is 2.17 bits per heavy atom. The lowest BCUT2D eigenvalue weighted by molar-refractivity contribution is 0.181. The van der Waals surface area contributed by atoms with Gasteiger partial charge in [0.25, 0.3) is 0 Å². The first-order valence-electron chi connectivity index (χ1n) is 8.82. The molecule has 0 bridgehead atoms. The smallest absolute Gasteiger partial charge is 0.0452 e. The third-order valence-electron chi connectivity index (χ3n) is 5.33. The molecule has 1 N–H and O–H groups in total. The standard InChI is InChI=1S/C19H25N3O/c23-11-3-9-21-8-2-5-17(14-21)22-10-7-16-13-20-12-15-4-1-6-18(22)19(15)16/h1,4,6,12-13,17,23H,2-3,5,7-11,14H2. The summed E-state index contributed by atoms with van der Waals surface area (Å²) in [4.78, 5) is 9.54. The van der Waals surface area contributed by atoms with Gasteiger partial charge >= 0.3 is 0 Å². The van der Waals surface area contributed by atoms with Crippen LogP contribution in [0.15, 0.2) is 30.6 Å². The molecule has 0 spiro atoms. The first-order chi connectivity index (χ1) is 11.4. The quantitative estimate of drug-likeness (QED) is 0.941. The monoisotopic (exact) mass is 311 g/mol. The second-order valence-corrected chi connectivity index (χ2v) is 6.79. The maximum absolute atomic E-state index is 9.08. The van der Waals surface area contributed by atoms with Crippen molar-refractivity contribution in [1.82, 2.24) is 9.88 Å². The summed E-state index contributed by atoms with van der Waals surface area (Å²) in [7, 11) is 0. The van der Waals surface area contributed by atoms with Crippen molar-refractivity contribution in [2.75, 3.05) is 37.7 Å². The zero-order valence-corrected chi connectivity index (χ0v) is 13.6. The first kappa shape index (κ1) is 14.9. The second kappa shape index (κ2) is 6.46. The maximum atomic E-state index is 9.08. The third kappa shape index (κ3) is 2.81. The van der Waals surface area contributed by atoms with E-state index in [0.29, 0.717) is 12.6 Å². The number of piperidine rings is 1. The zero-order valence-electron chi connectivity index (χ0n) is 13.6. The maximum Gasteiger partial charge on any atom is 0.0452 e. The van der Waals surface area contributed by atoms with Gasteiger partial charge in [-0.05, 0) is 43.9 Å². The van der Waals surface area contributed by atoms with Crippen LogP contribution in [0.5, 0.6) is 0 Å². The Morgan fingerprint density at radius 1 is 1.22 bits per heavy atom. The molecule has 0 saturated carbocycles. The van der Waals surface area contributed by atoms with Crippen LogP contribution in [0.25, 0.3) is 10.8 Å². The highest BCUT2D eigenvalue weighted by Gasteiger charge is 2.28. The van der Waals surface area contributed by atoms with Crippen LogP contribution in [0.3, 0.4) is 0 Å². The van der Waals surface area contributed by atoms with Gasteiger partial charge in [-0.15, -0.1) is 0 Å². The van der Waals surface area contributed by atoms with E-state index in [2.05, 4.69) is 33.0 Å². The molecule has 0 radical (unpaired) electrons. The van der Waals surface area contributed by atoms with E-state index >= 15 is 0 Å². The number of likely N-dealkylation sites (tertiary alicyclic amines) is 1. The fourth-order valence-corrected chi connectivity index (χ4v) is 4.24. The topological polar surface area (TPSA) is 39.6 Å². The van der Waals surface area contributed by atoms with Crippen molar-refractivity contribution in [2.45, 2.75) is 31.7 Å². The Bertz CT molecular complexity index is 682. The van der Waals surface area contributed by atoms with Crippen LogP contribution >= 0.6 is 0 Å². The van der Waals surface area contributed by atoms with Gasteiger partial charge in [0, 0.05) is 61.1 Å². The van der Waals surface area contributed by atoms with Crippen LogP contribution < -0.4 is 4.90 Å². The fraction of sp³-hybridized carbons (Fsp3) is 0.526. The third-order valence-corrected chi connectivity index (χ3v) is 5.33. The summed E-state index contributed by atoms with van der Waals surface area (Å²) in [6.45, 7) is 4.71. The average Bonchev–Trinajstić information content (AvgIpc) is 2.61. The van der Waals surface area contributed by atoms with Gasteiger partial charge in [0.1, 0.15) is 0 Å². The minimum atomic E-state index is 0.296. The molecule has 1 aromatic carbocycles. The molecule has 0 aliphatic carbocycles. The van der Waals surface area contributed by atoms with Gasteiger partial charge in [-0.1, -0.05) is 12.1 Å². The van der Waals surface area contributed by atoms with Gasteiger partial charge in [-0.25, -0.2) is 0 Å². The van der Waals surface area contributed by atoms with E-state index in [9.17, 15) is 0 Å². The number of benzene rings is 1. The second-order valence-electron chi connectivity index (χ2n) is 6.79. The van der Waals surface area contributed by atoms with Crippen molar-refractivity contribution in [3.63, 3.8) is 0 Å². The summed E-state index contributed by atoms with van der Waals surface area (Å²) >= 11 is 0. The van der Waals surface area contributed by atoms with Crippen molar-refractivity contribution >= 4 is 16.5 Å². The lowest BCUT2D eigenvalue weighted by atomic mass is 9.95. The number of aromatic nitrogens is 1. The molecule has 2 aromatic rings. The molecular weight excluding hydrogens is 286 g/mol. The molecule has 4 heteroatoms. The van der Waals surface area contributed by atoms with Gasteiger partial charge < -0.3 is 14.9 Å². The van der Waals surface area contributed by atoms with Crippen molar-refractivity contribution in [1.29, 1.82) is 0 Å². The number of rotatable bonds is 4. The Morgan fingerprint density at radius 3 is 3.09 bits per heavy atom. The molecule has 1 fully saturated rings. The normalized spacial score (nSPS) is 21.8. The Labute approximate surface area is 137 Å². The van der Waals surface area contributed by atoms with E-state index in [4.69, 9.17) is 5.11 Å². The zero-order chi connectivity index (χ0) is 15.6. The summed E-state index contributed by atoms with van der Waals surface area (Å²) in [5, 5.41) is 11.7. The molecule has 4 nitrogen and oxygen atoms in total. The van der Waals surface area contributed by atoms with Gasteiger partial charge in [0.15, 0.2) is 0 Å². The summed E-state index contributed by atoms with van der Waals surface area (Å²) in [5.41, 5.74) is 2.78. The van der Waals surface area contributed by atoms with Crippen LogP contribution in [0.4, 0.5) is 5.69 Å². The molecule has 2 aliphatic heterocycles. The molecule has 1 aromatic heterocycles. The SMILES string of the molecule is OCCCN1CCCC(N2CCc3cncc4cccc2c34)C1. The molecule has 3 heterocycles.